The van der Waals surface area contributed by atoms with Crippen LogP contribution in [0.4, 0.5) is 5.69 Å². The molecule has 2 aromatic carbocycles. The van der Waals surface area contributed by atoms with Gasteiger partial charge in [0, 0.05) is 9.26 Å². The Hall–Kier alpha value is -1.23. The van der Waals surface area contributed by atoms with Crippen LogP contribution in [0.15, 0.2) is 52.9 Å². The van der Waals surface area contributed by atoms with Gasteiger partial charge in [0.1, 0.15) is 0 Å². The molecule has 128 valence electrons. The molecule has 0 fully saturated rings. The van der Waals surface area contributed by atoms with Gasteiger partial charge in [-0.15, -0.1) is 5.10 Å². The normalized spacial score (nSPS) is 10.6. The number of halogens is 1. The molecular formula is C17H14IN3OS3. The van der Waals surface area contributed by atoms with Crippen molar-refractivity contribution in [3.63, 3.8) is 0 Å². The van der Waals surface area contributed by atoms with E-state index >= 15 is 0 Å². The van der Waals surface area contributed by atoms with Crippen LogP contribution < -0.4 is 5.32 Å². The van der Waals surface area contributed by atoms with Crippen molar-refractivity contribution in [1.82, 2.24) is 9.78 Å². The lowest BCUT2D eigenvalue weighted by molar-refractivity contribution is -0.113. The number of carbonyl (C=O) groups is 1. The fourth-order valence-electron chi connectivity index (χ4n) is 2.13. The zero-order valence-corrected chi connectivity index (χ0v) is 17.8. The number of para-hydroxylation sites is 1. The van der Waals surface area contributed by atoms with Crippen LogP contribution in [-0.2, 0) is 4.79 Å². The highest BCUT2D eigenvalue weighted by Gasteiger charge is 2.10. The second kappa shape index (κ2) is 8.43. The van der Waals surface area contributed by atoms with Gasteiger partial charge in [-0.25, -0.2) is 4.68 Å². The van der Waals surface area contributed by atoms with Crippen LogP contribution in [-0.4, -0.2) is 21.4 Å². The summed E-state index contributed by atoms with van der Waals surface area (Å²) in [6, 6.07) is 15.7. The molecule has 0 bridgehead atoms. The Kier molecular flexibility index (Phi) is 6.26. The average molecular weight is 499 g/mol. The summed E-state index contributed by atoms with van der Waals surface area (Å²) in [5.74, 6) is 0.240. The van der Waals surface area contributed by atoms with E-state index in [0.29, 0.717) is 9.71 Å². The number of hydrogen-bond donors (Lipinski definition) is 1. The molecule has 0 spiro atoms. The summed E-state index contributed by atoms with van der Waals surface area (Å²) in [6.45, 7) is 1.98. The van der Waals surface area contributed by atoms with E-state index in [0.717, 1.165) is 24.8 Å². The molecule has 1 heterocycles. The molecule has 8 heteroatoms. The van der Waals surface area contributed by atoms with Gasteiger partial charge >= 0.3 is 0 Å². The van der Waals surface area contributed by atoms with Crippen molar-refractivity contribution in [2.24, 2.45) is 0 Å². The van der Waals surface area contributed by atoms with Crippen LogP contribution in [0.1, 0.15) is 5.56 Å². The topological polar surface area (TPSA) is 46.9 Å². The molecule has 0 aliphatic carbocycles. The van der Waals surface area contributed by atoms with E-state index in [-0.39, 0.29) is 5.91 Å². The van der Waals surface area contributed by atoms with Gasteiger partial charge in [-0.2, -0.15) is 0 Å². The lowest BCUT2D eigenvalue weighted by Crippen LogP contribution is -2.14. The molecule has 0 aliphatic rings. The largest absolute Gasteiger partial charge is 0.325 e. The quantitative estimate of drug-likeness (QED) is 0.294. The third-order valence-electron chi connectivity index (χ3n) is 3.32. The van der Waals surface area contributed by atoms with E-state index in [1.165, 1.54) is 23.1 Å². The van der Waals surface area contributed by atoms with Crippen LogP contribution in [0.2, 0.25) is 0 Å². The summed E-state index contributed by atoms with van der Waals surface area (Å²) in [4.78, 5) is 12.2. The van der Waals surface area contributed by atoms with Crippen molar-refractivity contribution in [3.8, 4) is 5.69 Å². The number of thioether (sulfide) groups is 1. The molecule has 0 saturated heterocycles. The predicted octanol–water partition coefficient (Wildman–Crippen LogP) is 5.31. The second-order valence-electron chi connectivity index (χ2n) is 5.18. The summed E-state index contributed by atoms with van der Waals surface area (Å²) < 4.78 is 4.32. The molecule has 4 nitrogen and oxygen atoms in total. The minimum absolute atomic E-state index is 0.0540. The zero-order valence-electron chi connectivity index (χ0n) is 13.2. The van der Waals surface area contributed by atoms with Crippen molar-refractivity contribution < 1.29 is 4.79 Å². The molecule has 1 amide bonds. The molecule has 1 N–H and O–H groups in total. The van der Waals surface area contributed by atoms with Gasteiger partial charge in [-0.3, -0.25) is 4.79 Å². The minimum Gasteiger partial charge on any atom is -0.325 e. The number of aromatic nitrogens is 2. The molecule has 0 atom stereocenters. The van der Waals surface area contributed by atoms with Gasteiger partial charge < -0.3 is 5.32 Å². The highest BCUT2D eigenvalue weighted by Crippen LogP contribution is 2.24. The van der Waals surface area contributed by atoms with Gasteiger partial charge in [-0.1, -0.05) is 41.3 Å². The van der Waals surface area contributed by atoms with Crippen LogP contribution in [0, 0.1) is 14.4 Å². The molecule has 3 aromatic rings. The first-order valence-corrected chi connectivity index (χ1v) is 10.7. The molecule has 0 unspecified atom stereocenters. The number of aryl methyl sites for hydroxylation is 1. The van der Waals surface area contributed by atoms with E-state index < -0.39 is 0 Å². The molecule has 0 radical (unpaired) electrons. The summed E-state index contributed by atoms with van der Waals surface area (Å²) in [5.41, 5.74) is 2.82. The van der Waals surface area contributed by atoms with Crippen LogP contribution in [0.3, 0.4) is 0 Å². The van der Waals surface area contributed by atoms with Crippen molar-refractivity contribution in [2.75, 3.05) is 11.1 Å². The Balaban J connectivity index is 1.64. The monoisotopic (exact) mass is 499 g/mol. The van der Waals surface area contributed by atoms with Gasteiger partial charge in [0.25, 0.3) is 0 Å². The average Bonchev–Trinajstić information content (AvgIpc) is 2.97. The van der Waals surface area contributed by atoms with Gasteiger partial charge in [-0.05, 0) is 77.6 Å². The first-order chi connectivity index (χ1) is 12.0. The molecule has 25 heavy (non-hydrogen) atoms. The third kappa shape index (κ3) is 4.90. The Morgan fingerprint density at radius 2 is 2.08 bits per heavy atom. The molecular weight excluding hydrogens is 485 g/mol. The Labute approximate surface area is 172 Å². The summed E-state index contributed by atoms with van der Waals surface area (Å²) in [5, 5.41) is 7.44. The highest BCUT2D eigenvalue weighted by molar-refractivity contribution is 14.1. The van der Waals surface area contributed by atoms with Crippen molar-refractivity contribution in [1.29, 1.82) is 0 Å². The van der Waals surface area contributed by atoms with E-state index in [1.807, 2.05) is 55.5 Å². The third-order valence-corrected chi connectivity index (χ3v) is 6.36. The Morgan fingerprint density at radius 3 is 2.80 bits per heavy atom. The fraction of sp³-hybridized carbons (Fsp3) is 0.118. The maximum atomic E-state index is 12.2. The first kappa shape index (κ1) is 18.6. The standard InChI is InChI=1S/C17H14IN3OS3/c1-11-9-12(18)7-8-14(11)19-15(22)10-24-16-20-21(17(23)25-16)13-5-3-2-4-6-13/h2-9H,10H2,1H3,(H,19,22). The second-order valence-corrected chi connectivity index (χ2v) is 9.27. The van der Waals surface area contributed by atoms with E-state index in [1.54, 1.807) is 4.68 Å². The van der Waals surface area contributed by atoms with E-state index in [2.05, 4.69) is 33.0 Å². The lowest BCUT2D eigenvalue weighted by Gasteiger charge is -2.08. The van der Waals surface area contributed by atoms with Crippen molar-refractivity contribution >= 4 is 69.5 Å². The smallest absolute Gasteiger partial charge is 0.234 e. The lowest BCUT2D eigenvalue weighted by atomic mass is 10.2. The SMILES string of the molecule is Cc1cc(I)ccc1NC(=O)CSc1nn(-c2ccccc2)c(=S)s1. The minimum atomic E-state index is -0.0540. The number of carbonyl (C=O) groups excluding carboxylic acids is 1. The van der Waals surface area contributed by atoms with E-state index in [9.17, 15) is 4.79 Å². The molecule has 0 saturated carbocycles. The number of hydrogen-bond acceptors (Lipinski definition) is 5. The summed E-state index contributed by atoms with van der Waals surface area (Å²) >= 11 is 10.4. The first-order valence-electron chi connectivity index (χ1n) is 7.37. The Bertz CT molecular complexity index is 953. The number of nitrogens with zero attached hydrogens (tertiary/aromatic N) is 2. The van der Waals surface area contributed by atoms with Gasteiger partial charge in [0.05, 0.1) is 11.4 Å². The van der Waals surface area contributed by atoms with Crippen molar-refractivity contribution in [2.45, 2.75) is 11.3 Å². The van der Waals surface area contributed by atoms with Gasteiger partial charge in [0.2, 0.25) is 5.91 Å². The number of rotatable bonds is 5. The van der Waals surface area contributed by atoms with E-state index in [4.69, 9.17) is 12.2 Å². The summed E-state index contributed by atoms with van der Waals surface area (Å²) in [7, 11) is 0. The number of amides is 1. The zero-order chi connectivity index (χ0) is 17.8. The molecule has 1 aromatic heterocycles. The highest BCUT2D eigenvalue weighted by atomic mass is 127. The van der Waals surface area contributed by atoms with Crippen LogP contribution >= 0.6 is 57.9 Å². The predicted molar refractivity (Wildman–Crippen MR) is 116 cm³/mol. The van der Waals surface area contributed by atoms with Crippen molar-refractivity contribution in [3.05, 3.63) is 61.6 Å². The maximum Gasteiger partial charge on any atom is 0.234 e. The maximum absolute atomic E-state index is 12.2. The number of nitrogens with one attached hydrogen (secondary N) is 1. The van der Waals surface area contributed by atoms with Gasteiger partial charge in [0.15, 0.2) is 8.29 Å². The number of anilines is 1. The molecule has 0 aliphatic heterocycles. The number of benzene rings is 2. The van der Waals surface area contributed by atoms with Crippen LogP contribution in [0.25, 0.3) is 5.69 Å². The Morgan fingerprint density at radius 1 is 1.32 bits per heavy atom. The fourth-order valence-corrected chi connectivity index (χ4v) is 4.94. The molecule has 3 rings (SSSR count). The van der Waals surface area contributed by atoms with Crippen LogP contribution in [0.5, 0.6) is 0 Å². The summed E-state index contributed by atoms with van der Waals surface area (Å²) in [6.07, 6.45) is 0.